The van der Waals surface area contributed by atoms with Gasteiger partial charge in [-0.05, 0) is 24.3 Å². The zero-order valence-corrected chi connectivity index (χ0v) is 9.58. The van der Waals surface area contributed by atoms with E-state index in [-0.39, 0.29) is 0 Å². The van der Waals surface area contributed by atoms with Crippen LogP contribution in [-0.4, -0.2) is 6.04 Å². The molecule has 15 heavy (non-hydrogen) atoms. The van der Waals surface area contributed by atoms with Crippen LogP contribution in [-0.2, 0) is 6.54 Å². The number of hydrogen-bond acceptors (Lipinski definition) is 1. The summed E-state index contributed by atoms with van der Waals surface area (Å²) in [6.07, 6.45) is 5.56. The van der Waals surface area contributed by atoms with Gasteiger partial charge in [-0.2, -0.15) is 0 Å². The van der Waals surface area contributed by atoms with Gasteiger partial charge in [0.25, 0.3) is 0 Å². The normalized spacial score (nSPS) is 17.7. The van der Waals surface area contributed by atoms with E-state index in [1.165, 1.54) is 31.2 Å². The molecule has 82 valence electrons. The third-order valence-corrected chi connectivity index (χ3v) is 3.25. The summed E-state index contributed by atoms with van der Waals surface area (Å²) in [4.78, 5) is 0. The van der Waals surface area contributed by atoms with Crippen molar-refractivity contribution in [2.45, 2.75) is 45.2 Å². The van der Waals surface area contributed by atoms with Crippen LogP contribution >= 0.6 is 0 Å². The van der Waals surface area contributed by atoms with Gasteiger partial charge < -0.3 is 5.32 Å². The van der Waals surface area contributed by atoms with Crippen molar-refractivity contribution in [1.82, 2.24) is 5.32 Å². The molecule has 0 aromatic heterocycles. The first-order valence-electron chi connectivity index (χ1n) is 6.15. The highest BCUT2D eigenvalue weighted by Crippen LogP contribution is 2.34. The highest BCUT2D eigenvalue weighted by molar-refractivity contribution is 5.14. The highest BCUT2D eigenvalue weighted by atomic mass is 14.9. The fraction of sp³-hybridized carbons (Fsp3) is 0.571. The van der Waals surface area contributed by atoms with Crippen LogP contribution in [0.15, 0.2) is 30.3 Å². The van der Waals surface area contributed by atoms with E-state index in [1.807, 2.05) is 0 Å². The van der Waals surface area contributed by atoms with Gasteiger partial charge in [0.05, 0.1) is 0 Å². The Hall–Kier alpha value is -0.820. The molecule has 0 aliphatic heterocycles. The lowest BCUT2D eigenvalue weighted by Crippen LogP contribution is -2.28. The van der Waals surface area contributed by atoms with E-state index in [9.17, 15) is 0 Å². The first-order chi connectivity index (χ1) is 7.38. The molecule has 1 atom stereocenters. The summed E-state index contributed by atoms with van der Waals surface area (Å²) in [5.41, 5.74) is 1.40. The van der Waals surface area contributed by atoms with E-state index in [0.717, 1.165) is 18.5 Å². The molecule has 0 amide bonds. The molecule has 0 spiro atoms. The van der Waals surface area contributed by atoms with Crippen LogP contribution in [0.4, 0.5) is 0 Å². The molecular formula is C14H21N. The number of rotatable bonds is 6. The van der Waals surface area contributed by atoms with Crippen LogP contribution in [0, 0.1) is 5.92 Å². The maximum absolute atomic E-state index is 3.66. The second kappa shape index (κ2) is 5.32. The van der Waals surface area contributed by atoms with Crippen LogP contribution in [0.25, 0.3) is 0 Å². The monoisotopic (exact) mass is 203 g/mol. The Morgan fingerprint density at radius 2 is 2.00 bits per heavy atom. The molecule has 0 saturated heterocycles. The first kappa shape index (κ1) is 10.7. The molecule has 1 fully saturated rings. The lowest BCUT2D eigenvalue weighted by molar-refractivity contribution is 0.445. The Kier molecular flexibility index (Phi) is 3.79. The summed E-state index contributed by atoms with van der Waals surface area (Å²) in [5, 5.41) is 3.66. The maximum atomic E-state index is 3.66. The molecule has 1 saturated carbocycles. The summed E-state index contributed by atoms with van der Waals surface area (Å²) in [6, 6.07) is 11.4. The average molecular weight is 203 g/mol. The maximum Gasteiger partial charge on any atom is 0.0208 e. The van der Waals surface area contributed by atoms with Crippen molar-refractivity contribution in [3.8, 4) is 0 Å². The van der Waals surface area contributed by atoms with E-state index in [1.54, 1.807) is 0 Å². The van der Waals surface area contributed by atoms with Gasteiger partial charge in [0.1, 0.15) is 0 Å². The van der Waals surface area contributed by atoms with Crippen molar-refractivity contribution in [2.75, 3.05) is 0 Å². The molecule has 1 aliphatic carbocycles. The Labute approximate surface area is 92.9 Å². The van der Waals surface area contributed by atoms with Crippen LogP contribution in [0.1, 0.15) is 38.2 Å². The van der Waals surface area contributed by atoms with E-state index < -0.39 is 0 Å². The fourth-order valence-electron chi connectivity index (χ4n) is 2.01. The third kappa shape index (κ3) is 3.67. The minimum atomic E-state index is 0.720. The van der Waals surface area contributed by atoms with Crippen molar-refractivity contribution >= 4 is 0 Å². The van der Waals surface area contributed by atoms with Gasteiger partial charge in [-0.3, -0.25) is 0 Å². The highest BCUT2D eigenvalue weighted by Gasteiger charge is 2.24. The molecule has 0 heterocycles. The van der Waals surface area contributed by atoms with Gasteiger partial charge in [-0.15, -0.1) is 0 Å². The Morgan fingerprint density at radius 1 is 1.27 bits per heavy atom. The molecule has 1 aliphatic rings. The average Bonchev–Trinajstić information content (AvgIpc) is 3.09. The summed E-state index contributed by atoms with van der Waals surface area (Å²) in [6.45, 7) is 3.30. The molecule has 1 heteroatoms. The molecule has 1 aromatic carbocycles. The molecule has 0 bridgehead atoms. The predicted octanol–water partition coefficient (Wildman–Crippen LogP) is 3.35. The van der Waals surface area contributed by atoms with Crippen LogP contribution in [0.5, 0.6) is 0 Å². The summed E-state index contributed by atoms with van der Waals surface area (Å²) in [7, 11) is 0. The lowest BCUT2D eigenvalue weighted by atomic mass is 10.1. The second-order valence-corrected chi connectivity index (χ2v) is 4.65. The number of benzene rings is 1. The van der Waals surface area contributed by atoms with Crippen molar-refractivity contribution in [3.05, 3.63) is 35.9 Å². The smallest absolute Gasteiger partial charge is 0.0208 e. The molecule has 1 unspecified atom stereocenters. The summed E-state index contributed by atoms with van der Waals surface area (Å²) < 4.78 is 0. The molecule has 1 nitrogen and oxygen atoms in total. The molecular weight excluding hydrogens is 182 g/mol. The minimum Gasteiger partial charge on any atom is -0.310 e. The number of hydrogen-bond donors (Lipinski definition) is 1. The minimum absolute atomic E-state index is 0.720. The summed E-state index contributed by atoms with van der Waals surface area (Å²) in [5.74, 6) is 1.03. The Morgan fingerprint density at radius 3 is 2.60 bits per heavy atom. The quantitative estimate of drug-likeness (QED) is 0.747. The zero-order valence-electron chi connectivity index (χ0n) is 9.58. The van der Waals surface area contributed by atoms with E-state index in [4.69, 9.17) is 0 Å². The molecule has 1 N–H and O–H groups in total. The molecule has 1 aromatic rings. The standard InChI is InChI=1S/C14H21N/c1-2-14(10-12-8-9-12)15-11-13-6-4-3-5-7-13/h3-7,12,14-15H,2,8-11H2,1H3. The van der Waals surface area contributed by atoms with E-state index in [0.29, 0.717) is 0 Å². The topological polar surface area (TPSA) is 12.0 Å². The van der Waals surface area contributed by atoms with Gasteiger partial charge in [0, 0.05) is 12.6 Å². The third-order valence-electron chi connectivity index (χ3n) is 3.25. The van der Waals surface area contributed by atoms with E-state index in [2.05, 4.69) is 42.6 Å². The van der Waals surface area contributed by atoms with Crippen molar-refractivity contribution in [3.63, 3.8) is 0 Å². The fourth-order valence-corrected chi connectivity index (χ4v) is 2.01. The Bertz CT molecular complexity index is 277. The van der Waals surface area contributed by atoms with Crippen LogP contribution in [0.3, 0.4) is 0 Å². The SMILES string of the molecule is CCC(CC1CC1)NCc1ccccc1. The van der Waals surface area contributed by atoms with Crippen molar-refractivity contribution in [1.29, 1.82) is 0 Å². The van der Waals surface area contributed by atoms with Gasteiger partial charge >= 0.3 is 0 Å². The second-order valence-electron chi connectivity index (χ2n) is 4.65. The van der Waals surface area contributed by atoms with E-state index >= 15 is 0 Å². The van der Waals surface area contributed by atoms with Gasteiger partial charge in [-0.25, -0.2) is 0 Å². The predicted molar refractivity (Wildman–Crippen MR) is 64.7 cm³/mol. The van der Waals surface area contributed by atoms with Gasteiger partial charge in [0.15, 0.2) is 0 Å². The van der Waals surface area contributed by atoms with Crippen molar-refractivity contribution in [2.24, 2.45) is 5.92 Å². The van der Waals surface area contributed by atoms with Crippen molar-refractivity contribution < 1.29 is 0 Å². The van der Waals surface area contributed by atoms with Crippen LogP contribution in [0.2, 0.25) is 0 Å². The van der Waals surface area contributed by atoms with Gasteiger partial charge in [-0.1, -0.05) is 50.1 Å². The Balaban J connectivity index is 1.75. The molecule has 0 radical (unpaired) electrons. The summed E-state index contributed by atoms with van der Waals surface area (Å²) >= 11 is 0. The van der Waals surface area contributed by atoms with Crippen LogP contribution < -0.4 is 5.32 Å². The van der Waals surface area contributed by atoms with Gasteiger partial charge in [0.2, 0.25) is 0 Å². The lowest BCUT2D eigenvalue weighted by Gasteiger charge is -2.16. The molecule has 2 rings (SSSR count). The zero-order chi connectivity index (χ0) is 10.5. The number of nitrogens with one attached hydrogen (secondary N) is 1. The largest absolute Gasteiger partial charge is 0.310 e. The first-order valence-corrected chi connectivity index (χ1v) is 6.15.